The Morgan fingerprint density at radius 1 is 1.15 bits per heavy atom. The number of rotatable bonds is 6. The van der Waals surface area contributed by atoms with Crippen molar-refractivity contribution >= 4 is 12.0 Å². The van der Waals surface area contributed by atoms with Crippen molar-refractivity contribution in [2.45, 2.75) is 6.42 Å². The minimum atomic E-state index is -0.956. The molecule has 1 heterocycles. The van der Waals surface area contributed by atoms with Crippen molar-refractivity contribution in [3.05, 3.63) is 66.0 Å². The summed E-state index contributed by atoms with van der Waals surface area (Å²) in [4.78, 5) is 14.4. The number of aromatic nitrogens is 1. The van der Waals surface area contributed by atoms with Gasteiger partial charge in [0, 0.05) is 24.9 Å². The zero-order valence-electron chi connectivity index (χ0n) is 10.9. The fraction of sp³-hybridized carbons (Fsp3) is 0.125. The van der Waals surface area contributed by atoms with Crippen LogP contribution in [-0.2, 0) is 11.2 Å². The first-order valence-electron chi connectivity index (χ1n) is 6.27. The Balaban J connectivity index is 1.83. The zero-order valence-corrected chi connectivity index (χ0v) is 10.9. The standard InChI is InChI=1S/C16H15NO3/c18-16(19)6-3-13-1-4-15(5-2-13)20-12-9-14-7-10-17-11-8-14/h1-8,10-11H,9,12H2,(H,18,19)/b6-3+. The molecular formula is C16H15NO3. The van der Waals surface area contributed by atoms with Crippen LogP contribution < -0.4 is 4.74 Å². The van der Waals surface area contributed by atoms with Crippen LogP contribution in [0.4, 0.5) is 0 Å². The van der Waals surface area contributed by atoms with Gasteiger partial charge >= 0.3 is 5.97 Å². The van der Waals surface area contributed by atoms with Crippen LogP contribution in [0.5, 0.6) is 5.75 Å². The summed E-state index contributed by atoms with van der Waals surface area (Å²) in [5, 5.41) is 8.54. The highest BCUT2D eigenvalue weighted by atomic mass is 16.5. The Bertz CT molecular complexity index is 576. The lowest BCUT2D eigenvalue weighted by Gasteiger charge is -2.06. The van der Waals surface area contributed by atoms with Gasteiger partial charge in [0.1, 0.15) is 5.75 Å². The third-order valence-electron chi connectivity index (χ3n) is 2.71. The molecule has 0 saturated carbocycles. The second-order valence-electron chi connectivity index (χ2n) is 4.19. The van der Waals surface area contributed by atoms with Gasteiger partial charge in [-0.05, 0) is 41.5 Å². The molecule has 0 atom stereocenters. The molecule has 0 bridgehead atoms. The van der Waals surface area contributed by atoms with Crippen LogP contribution >= 0.6 is 0 Å². The van der Waals surface area contributed by atoms with Crippen molar-refractivity contribution in [2.75, 3.05) is 6.61 Å². The lowest BCUT2D eigenvalue weighted by molar-refractivity contribution is -0.131. The number of carboxylic acids is 1. The molecule has 0 aliphatic carbocycles. The van der Waals surface area contributed by atoms with Gasteiger partial charge in [-0.3, -0.25) is 4.98 Å². The topological polar surface area (TPSA) is 59.4 Å². The first kappa shape index (κ1) is 13.8. The SMILES string of the molecule is O=C(O)/C=C/c1ccc(OCCc2ccncc2)cc1. The normalized spacial score (nSPS) is 10.6. The molecule has 1 aromatic heterocycles. The van der Waals surface area contributed by atoms with Gasteiger partial charge in [0.25, 0.3) is 0 Å². The van der Waals surface area contributed by atoms with Crippen molar-refractivity contribution in [1.29, 1.82) is 0 Å². The average Bonchev–Trinajstić information content (AvgIpc) is 2.47. The highest BCUT2D eigenvalue weighted by molar-refractivity contribution is 5.85. The van der Waals surface area contributed by atoms with Gasteiger partial charge < -0.3 is 9.84 Å². The Hall–Kier alpha value is -2.62. The first-order valence-corrected chi connectivity index (χ1v) is 6.27. The molecule has 0 aliphatic heterocycles. The minimum Gasteiger partial charge on any atom is -0.493 e. The van der Waals surface area contributed by atoms with E-state index in [9.17, 15) is 4.79 Å². The van der Waals surface area contributed by atoms with Crippen molar-refractivity contribution in [1.82, 2.24) is 4.98 Å². The highest BCUT2D eigenvalue weighted by Crippen LogP contribution is 2.13. The van der Waals surface area contributed by atoms with Gasteiger partial charge in [0.15, 0.2) is 0 Å². The van der Waals surface area contributed by atoms with E-state index in [4.69, 9.17) is 9.84 Å². The Kier molecular flexibility index (Phi) is 4.89. The Morgan fingerprint density at radius 2 is 1.85 bits per heavy atom. The molecule has 1 N–H and O–H groups in total. The molecule has 0 saturated heterocycles. The summed E-state index contributed by atoms with van der Waals surface area (Å²) >= 11 is 0. The molecule has 0 fully saturated rings. The van der Waals surface area contributed by atoms with E-state index in [-0.39, 0.29) is 0 Å². The Labute approximate surface area is 117 Å². The molecular weight excluding hydrogens is 254 g/mol. The molecule has 0 spiro atoms. The molecule has 0 amide bonds. The van der Waals surface area contributed by atoms with Crippen LogP contribution in [0.15, 0.2) is 54.9 Å². The smallest absolute Gasteiger partial charge is 0.328 e. The van der Waals surface area contributed by atoms with Crippen LogP contribution in [-0.4, -0.2) is 22.7 Å². The average molecular weight is 269 g/mol. The van der Waals surface area contributed by atoms with Crippen molar-refractivity contribution in [3.63, 3.8) is 0 Å². The van der Waals surface area contributed by atoms with E-state index in [1.807, 2.05) is 36.4 Å². The van der Waals surface area contributed by atoms with Gasteiger partial charge in [-0.2, -0.15) is 0 Å². The number of pyridine rings is 1. The van der Waals surface area contributed by atoms with Gasteiger partial charge in [-0.15, -0.1) is 0 Å². The molecule has 0 unspecified atom stereocenters. The number of hydrogen-bond donors (Lipinski definition) is 1. The molecule has 1 aromatic carbocycles. The van der Waals surface area contributed by atoms with Crippen LogP contribution in [0.3, 0.4) is 0 Å². The van der Waals surface area contributed by atoms with Gasteiger partial charge in [0.05, 0.1) is 6.61 Å². The van der Waals surface area contributed by atoms with Crippen molar-refractivity contribution < 1.29 is 14.6 Å². The summed E-state index contributed by atoms with van der Waals surface area (Å²) in [6.45, 7) is 0.592. The van der Waals surface area contributed by atoms with E-state index in [1.54, 1.807) is 18.5 Å². The number of benzene rings is 1. The summed E-state index contributed by atoms with van der Waals surface area (Å²) in [5.74, 6) is -0.186. The van der Waals surface area contributed by atoms with Gasteiger partial charge in [0.2, 0.25) is 0 Å². The van der Waals surface area contributed by atoms with Crippen LogP contribution in [0, 0.1) is 0 Å². The highest BCUT2D eigenvalue weighted by Gasteiger charge is 1.96. The maximum atomic E-state index is 10.4. The van der Waals surface area contributed by atoms with E-state index in [0.29, 0.717) is 6.61 Å². The number of nitrogens with zero attached hydrogens (tertiary/aromatic N) is 1. The van der Waals surface area contributed by atoms with Gasteiger partial charge in [-0.25, -0.2) is 4.79 Å². The predicted molar refractivity (Wildman–Crippen MR) is 76.5 cm³/mol. The van der Waals surface area contributed by atoms with E-state index in [2.05, 4.69) is 4.98 Å². The van der Waals surface area contributed by atoms with Crippen LogP contribution in [0.1, 0.15) is 11.1 Å². The maximum absolute atomic E-state index is 10.4. The summed E-state index contributed by atoms with van der Waals surface area (Å²) in [7, 11) is 0. The molecule has 20 heavy (non-hydrogen) atoms. The van der Waals surface area contributed by atoms with Crippen LogP contribution in [0.2, 0.25) is 0 Å². The third-order valence-corrected chi connectivity index (χ3v) is 2.71. The zero-order chi connectivity index (χ0) is 14.2. The van der Waals surface area contributed by atoms with Gasteiger partial charge in [-0.1, -0.05) is 12.1 Å². The molecule has 4 nitrogen and oxygen atoms in total. The molecule has 4 heteroatoms. The second kappa shape index (κ2) is 7.09. The second-order valence-corrected chi connectivity index (χ2v) is 4.19. The lowest BCUT2D eigenvalue weighted by atomic mass is 10.2. The molecule has 0 aliphatic rings. The summed E-state index contributed by atoms with van der Waals surface area (Å²) in [6.07, 6.45) is 7.00. The molecule has 0 radical (unpaired) electrons. The monoisotopic (exact) mass is 269 g/mol. The number of hydrogen-bond acceptors (Lipinski definition) is 3. The summed E-state index contributed by atoms with van der Waals surface area (Å²) < 4.78 is 5.63. The lowest BCUT2D eigenvalue weighted by Crippen LogP contribution is -2.01. The maximum Gasteiger partial charge on any atom is 0.328 e. The van der Waals surface area contributed by atoms with E-state index in [1.165, 1.54) is 5.56 Å². The van der Waals surface area contributed by atoms with E-state index in [0.717, 1.165) is 23.8 Å². The minimum absolute atomic E-state index is 0.592. The van der Waals surface area contributed by atoms with E-state index >= 15 is 0 Å². The first-order chi connectivity index (χ1) is 9.74. The number of carboxylic acid groups (broad SMARTS) is 1. The Morgan fingerprint density at radius 3 is 2.50 bits per heavy atom. The fourth-order valence-corrected chi connectivity index (χ4v) is 1.68. The third kappa shape index (κ3) is 4.57. The quantitative estimate of drug-likeness (QED) is 0.819. The number of ether oxygens (including phenoxy) is 1. The number of aliphatic carboxylic acids is 1. The molecule has 102 valence electrons. The molecule has 2 aromatic rings. The summed E-state index contributed by atoms with van der Waals surface area (Å²) in [6, 6.07) is 11.2. The van der Waals surface area contributed by atoms with E-state index < -0.39 is 5.97 Å². The largest absolute Gasteiger partial charge is 0.493 e. The fourth-order valence-electron chi connectivity index (χ4n) is 1.68. The number of carbonyl (C=O) groups is 1. The summed E-state index contributed by atoms with van der Waals surface area (Å²) in [5.41, 5.74) is 2.01. The van der Waals surface area contributed by atoms with Crippen molar-refractivity contribution in [2.24, 2.45) is 0 Å². The van der Waals surface area contributed by atoms with Crippen LogP contribution in [0.25, 0.3) is 6.08 Å². The van der Waals surface area contributed by atoms with Crippen molar-refractivity contribution in [3.8, 4) is 5.75 Å². The predicted octanol–water partition coefficient (Wildman–Crippen LogP) is 2.80. The molecule has 2 rings (SSSR count).